The van der Waals surface area contributed by atoms with Crippen LogP contribution in [-0.4, -0.2) is 28.1 Å². The van der Waals surface area contributed by atoms with Gasteiger partial charge in [-0.2, -0.15) is 4.98 Å². The lowest BCUT2D eigenvalue weighted by Gasteiger charge is -2.13. The first kappa shape index (κ1) is 21.1. The van der Waals surface area contributed by atoms with Gasteiger partial charge < -0.3 is 14.6 Å². The van der Waals surface area contributed by atoms with Crippen LogP contribution in [0, 0.1) is 18.6 Å². The zero-order valence-corrected chi connectivity index (χ0v) is 16.3. The van der Waals surface area contributed by atoms with Crippen LogP contribution < -0.4 is 5.32 Å². The largest absolute Gasteiger partial charge is 0.453 e. The molecule has 1 aromatic heterocycles. The number of ether oxygens (including phenoxy) is 1. The van der Waals surface area contributed by atoms with Crippen LogP contribution in [0.4, 0.5) is 14.5 Å². The van der Waals surface area contributed by atoms with Gasteiger partial charge in [-0.15, -0.1) is 0 Å². The van der Waals surface area contributed by atoms with Crippen LogP contribution in [-0.2, 0) is 20.7 Å². The lowest BCUT2D eigenvalue weighted by molar-refractivity contribution is -0.153. The van der Waals surface area contributed by atoms with Crippen LogP contribution in [0.25, 0.3) is 11.4 Å². The minimum atomic E-state index is -1.20. The first-order valence-corrected chi connectivity index (χ1v) is 9.17. The van der Waals surface area contributed by atoms with Crippen LogP contribution in [0.2, 0.25) is 0 Å². The van der Waals surface area contributed by atoms with Crippen molar-refractivity contribution in [2.24, 2.45) is 0 Å². The van der Waals surface area contributed by atoms with Crippen molar-refractivity contribution in [1.82, 2.24) is 10.1 Å². The maximum atomic E-state index is 13.6. The molecule has 0 fully saturated rings. The highest BCUT2D eigenvalue weighted by Crippen LogP contribution is 2.18. The smallest absolute Gasteiger partial charge is 0.307 e. The summed E-state index contributed by atoms with van der Waals surface area (Å²) in [4.78, 5) is 28.3. The molecule has 2 aromatic carbocycles. The number of halogens is 2. The zero-order valence-electron chi connectivity index (χ0n) is 16.3. The third-order valence-electron chi connectivity index (χ3n) is 4.18. The Labute approximate surface area is 171 Å². The maximum Gasteiger partial charge on any atom is 0.307 e. The van der Waals surface area contributed by atoms with Crippen LogP contribution in [0.15, 0.2) is 47.0 Å². The highest BCUT2D eigenvalue weighted by Gasteiger charge is 2.20. The van der Waals surface area contributed by atoms with E-state index < -0.39 is 29.6 Å². The fourth-order valence-corrected chi connectivity index (χ4v) is 2.52. The number of esters is 1. The lowest BCUT2D eigenvalue weighted by atomic mass is 10.1. The first-order valence-electron chi connectivity index (χ1n) is 9.17. The molecule has 9 heteroatoms. The predicted molar refractivity (Wildman–Crippen MR) is 103 cm³/mol. The molecule has 3 rings (SSSR count). The average molecular weight is 415 g/mol. The summed E-state index contributed by atoms with van der Waals surface area (Å²) in [6.07, 6.45) is -1.17. The summed E-state index contributed by atoms with van der Waals surface area (Å²) in [5.74, 6) is -2.31. The summed E-state index contributed by atoms with van der Waals surface area (Å²) < 4.78 is 36.9. The molecule has 0 saturated heterocycles. The predicted octanol–water partition coefficient (Wildman–Crippen LogP) is 3.83. The number of carbonyl (C=O) groups excluding carboxylic acids is 2. The van der Waals surface area contributed by atoms with Crippen molar-refractivity contribution in [2.45, 2.75) is 32.8 Å². The normalized spacial score (nSPS) is 11.7. The number of nitrogens with one attached hydrogen (secondary N) is 1. The van der Waals surface area contributed by atoms with Gasteiger partial charge in [0.05, 0.1) is 12.1 Å². The number of hydrogen-bond donors (Lipinski definition) is 1. The number of nitrogens with zero attached hydrogens (tertiary/aromatic N) is 2. The van der Waals surface area contributed by atoms with Gasteiger partial charge in [-0.05, 0) is 26.0 Å². The molecule has 0 aliphatic rings. The van der Waals surface area contributed by atoms with E-state index in [2.05, 4.69) is 15.5 Å². The fraction of sp³-hybridized carbons (Fsp3) is 0.238. The van der Waals surface area contributed by atoms with Crippen molar-refractivity contribution in [3.63, 3.8) is 0 Å². The Morgan fingerprint density at radius 1 is 1.17 bits per heavy atom. The van der Waals surface area contributed by atoms with E-state index in [0.717, 1.165) is 29.3 Å². The summed E-state index contributed by atoms with van der Waals surface area (Å²) in [5.41, 5.74) is 1.55. The molecule has 156 valence electrons. The molecule has 7 nitrogen and oxygen atoms in total. The van der Waals surface area contributed by atoms with Crippen molar-refractivity contribution < 1.29 is 27.6 Å². The Morgan fingerprint density at radius 2 is 1.90 bits per heavy atom. The van der Waals surface area contributed by atoms with Crippen LogP contribution in [0.1, 0.15) is 24.8 Å². The third-order valence-corrected chi connectivity index (χ3v) is 4.18. The Bertz CT molecular complexity index is 1050. The molecular formula is C21H19F2N3O4. The molecule has 30 heavy (non-hydrogen) atoms. The van der Waals surface area contributed by atoms with Gasteiger partial charge in [0.1, 0.15) is 11.6 Å². The van der Waals surface area contributed by atoms with Gasteiger partial charge in [-0.25, -0.2) is 8.78 Å². The van der Waals surface area contributed by atoms with Gasteiger partial charge in [0, 0.05) is 18.1 Å². The van der Waals surface area contributed by atoms with E-state index in [0.29, 0.717) is 5.82 Å². The van der Waals surface area contributed by atoms with Crippen molar-refractivity contribution in [1.29, 1.82) is 0 Å². The third kappa shape index (κ3) is 5.47. The summed E-state index contributed by atoms with van der Waals surface area (Å²) in [6, 6.07) is 10.2. The summed E-state index contributed by atoms with van der Waals surface area (Å²) in [5, 5.41) is 6.06. The Balaban J connectivity index is 1.50. The van der Waals surface area contributed by atoms with Crippen molar-refractivity contribution in [3.05, 3.63) is 65.6 Å². The van der Waals surface area contributed by atoms with E-state index in [1.807, 2.05) is 31.2 Å². The van der Waals surface area contributed by atoms with E-state index in [9.17, 15) is 18.4 Å². The molecule has 3 aromatic rings. The second-order valence-corrected chi connectivity index (χ2v) is 6.62. The minimum Gasteiger partial charge on any atom is -0.453 e. The number of rotatable bonds is 7. The van der Waals surface area contributed by atoms with Gasteiger partial charge in [-0.1, -0.05) is 35.0 Å². The summed E-state index contributed by atoms with van der Waals surface area (Å²) in [6.45, 7) is 3.29. The first-order chi connectivity index (χ1) is 14.3. The molecule has 0 bridgehead atoms. The number of carbonyl (C=O) groups is 2. The number of hydrogen-bond acceptors (Lipinski definition) is 6. The molecule has 0 radical (unpaired) electrons. The number of anilines is 1. The standard InChI is InChI=1S/C21H19F2N3O4/c1-12-3-5-14(6-4-12)20-25-18(30-26-20)9-10-19(27)29-13(2)21(28)24-17-11-15(22)7-8-16(17)23/h3-8,11,13H,9-10H2,1-2H3,(H,24,28). The number of amides is 1. The zero-order chi connectivity index (χ0) is 21.7. The monoisotopic (exact) mass is 415 g/mol. The van der Waals surface area contributed by atoms with E-state index >= 15 is 0 Å². The van der Waals surface area contributed by atoms with Crippen LogP contribution >= 0.6 is 0 Å². The lowest BCUT2D eigenvalue weighted by Crippen LogP contribution is -2.30. The van der Waals surface area contributed by atoms with Crippen LogP contribution in [0.5, 0.6) is 0 Å². The molecule has 1 amide bonds. The molecule has 0 aliphatic heterocycles. The van der Waals surface area contributed by atoms with Crippen molar-refractivity contribution in [2.75, 3.05) is 5.32 Å². The Morgan fingerprint density at radius 3 is 2.63 bits per heavy atom. The minimum absolute atomic E-state index is 0.0958. The molecule has 1 N–H and O–H groups in total. The van der Waals surface area contributed by atoms with Crippen molar-refractivity contribution >= 4 is 17.6 Å². The van der Waals surface area contributed by atoms with E-state index in [-0.39, 0.29) is 24.4 Å². The highest BCUT2D eigenvalue weighted by molar-refractivity contribution is 5.95. The van der Waals surface area contributed by atoms with E-state index in [4.69, 9.17) is 9.26 Å². The topological polar surface area (TPSA) is 94.3 Å². The number of benzene rings is 2. The fourth-order valence-electron chi connectivity index (χ4n) is 2.52. The van der Waals surface area contributed by atoms with Gasteiger partial charge in [0.25, 0.3) is 5.91 Å². The highest BCUT2D eigenvalue weighted by atomic mass is 19.1. The number of aromatic nitrogens is 2. The van der Waals surface area contributed by atoms with Gasteiger partial charge in [0.15, 0.2) is 6.10 Å². The van der Waals surface area contributed by atoms with Gasteiger partial charge in [0.2, 0.25) is 11.7 Å². The Kier molecular flexibility index (Phi) is 6.51. The second-order valence-electron chi connectivity index (χ2n) is 6.62. The average Bonchev–Trinajstić information content (AvgIpc) is 3.18. The maximum absolute atomic E-state index is 13.6. The van der Waals surface area contributed by atoms with Gasteiger partial charge >= 0.3 is 5.97 Å². The van der Waals surface area contributed by atoms with Crippen molar-refractivity contribution in [3.8, 4) is 11.4 Å². The second kappa shape index (κ2) is 9.25. The quantitative estimate of drug-likeness (QED) is 0.590. The number of aryl methyl sites for hydroxylation is 2. The molecule has 1 heterocycles. The SMILES string of the molecule is Cc1ccc(-c2noc(CCC(=O)OC(C)C(=O)Nc3cc(F)ccc3F)n2)cc1. The summed E-state index contributed by atoms with van der Waals surface area (Å²) in [7, 11) is 0. The van der Waals surface area contributed by atoms with Crippen LogP contribution in [0.3, 0.4) is 0 Å². The summed E-state index contributed by atoms with van der Waals surface area (Å²) >= 11 is 0. The molecule has 0 aliphatic carbocycles. The van der Waals surface area contributed by atoms with E-state index in [1.54, 1.807) is 0 Å². The molecule has 0 saturated carbocycles. The van der Waals surface area contributed by atoms with E-state index in [1.165, 1.54) is 6.92 Å². The molecule has 1 atom stereocenters. The van der Waals surface area contributed by atoms with Gasteiger partial charge in [-0.3, -0.25) is 9.59 Å². The molecule has 1 unspecified atom stereocenters. The molecular weight excluding hydrogens is 396 g/mol. The Hall–Kier alpha value is -3.62. The molecule has 0 spiro atoms.